The quantitative estimate of drug-likeness (QED) is 0.850. The molecule has 2 rings (SSSR count). The topological polar surface area (TPSA) is 54.5 Å². The van der Waals surface area contributed by atoms with Gasteiger partial charge in [0.1, 0.15) is 0 Å². The molecule has 0 radical (unpaired) electrons. The van der Waals surface area contributed by atoms with Crippen LogP contribution in [0.2, 0.25) is 0 Å². The van der Waals surface area contributed by atoms with Gasteiger partial charge in [0.15, 0.2) is 5.13 Å². The number of nitrogens with one attached hydrogen (secondary N) is 1. The molecule has 1 fully saturated rings. The summed E-state index contributed by atoms with van der Waals surface area (Å²) in [5.41, 5.74) is 0. The largest absolute Gasteiger partial charge is 0.376 e. The highest BCUT2D eigenvalue weighted by Crippen LogP contribution is 2.10. The third kappa shape index (κ3) is 3.26. The summed E-state index contributed by atoms with van der Waals surface area (Å²) in [7, 11) is 0. The first-order valence-corrected chi connectivity index (χ1v) is 6.15. The maximum absolute atomic E-state index is 11.7. The third-order valence-corrected chi connectivity index (χ3v) is 3.06. The van der Waals surface area contributed by atoms with Crippen LogP contribution in [0.1, 0.15) is 6.92 Å². The summed E-state index contributed by atoms with van der Waals surface area (Å²) in [4.78, 5) is 17.8. The van der Waals surface area contributed by atoms with Crippen LogP contribution in [0.3, 0.4) is 0 Å². The van der Waals surface area contributed by atoms with E-state index in [1.807, 2.05) is 12.3 Å². The number of ether oxygens (including phenoxy) is 1. The van der Waals surface area contributed by atoms with Crippen molar-refractivity contribution in [1.82, 2.24) is 9.88 Å². The first-order chi connectivity index (χ1) is 7.74. The second-order valence-electron chi connectivity index (χ2n) is 3.80. The number of anilines is 1. The summed E-state index contributed by atoms with van der Waals surface area (Å²) in [6.45, 7) is 4.75. The summed E-state index contributed by atoms with van der Waals surface area (Å²) in [6, 6.07) is 0. The third-order valence-electron chi connectivity index (χ3n) is 2.37. The molecule has 1 amide bonds. The zero-order chi connectivity index (χ0) is 11.4. The van der Waals surface area contributed by atoms with Crippen molar-refractivity contribution in [3.05, 3.63) is 11.6 Å². The number of thiazole rings is 1. The number of rotatable bonds is 3. The first-order valence-electron chi connectivity index (χ1n) is 5.27. The summed E-state index contributed by atoms with van der Waals surface area (Å²) in [6.07, 6.45) is 1.89. The predicted octanol–water partition coefficient (Wildman–Crippen LogP) is 0.802. The van der Waals surface area contributed by atoms with Gasteiger partial charge in [0, 0.05) is 24.7 Å². The number of hydrogen-bond donors (Lipinski definition) is 1. The first kappa shape index (κ1) is 11.5. The van der Waals surface area contributed by atoms with Crippen LogP contribution in [-0.4, -0.2) is 48.1 Å². The smallest absolute Gasteiger partial charge is 0.240 e. The van der Waals surface area contributed by atoms with Crippen molar-refractivity contribution in [2.75, 3.05) is 31.6 Å². The standard InChI is InChI=1S/C10H15N3O2S/c1-8-6-13(3-4-15-8)7-9(14)12-10-11-2-5-16-10/h2,5,8H,3-4,6-7H2,1H3,(H,11,12,14). The normalized spacial score (nSPS) is 21.9. The number of carbonyl (C=O) groups is 1. The summed E-state index contributed by atoms with van der Waals surface area (Å²) in [5, 5.41) is 5.27. The predicted molar refractivity (Wildman–Crippen MR) is 62.6 cm³/mol. The van der Waals surface area contributed by atoms with E-state index in [4.69, 9.17) is 4.74 Å². The van der Waals surface area contributed by atoms with Gasteiger partial charge in [-0.1, -0.05) is 0 Å². The van der Waals surface area contributed by atoms with Crippen molar-refractivity contribution in [1.29, 1.82) is 0 Å². The van der Waals surface area contributed by atoms with Crippen molar-refractivity contribution < 1.29 is 9.53 Å². The molecule has 1 aliphatic heterocycles. The van der Waals surface area contributed by atoms with Crippen molar-refractivity contribution >= 4 is 22.4 Å². The fraction of sp³-hybridized carbons (Fsp3) is 0.600. The maximum atomic E-state index is 11.7. The second kappa shape index (κ2) is 5.38. The number of aromatic nitrogens is 1. The van der Waals surface area contributed by atoms with Crippen LogP contribution in [-0.2, 0) is 9.53 Å². The van der Waals surface area contributed by atoms with Crippen LogP contribution in [0.5, 0.6) is 0 Å². The number of hydrogen-bond acceptors (Lipinski definition) is 5. The molecule has 1 aliphatic rings. The Hall–Kier alpha value is -0.980. The van der Waals surface area contributed by atoms with E-state index < -0.39 is 0 Å². The zero-order valence-electron chi connectivity index (χ0n) is 9.18. The lowest BCUT2D eigenvalue weighted by atomic mass is 10.3. The van der Waals surface area contributed by atoms with Crippen molar-refractivity contribution in [3.63, 3.8) is 0 Å². The maximum Gasteiger partial charge on any atom is 0.240 e. The lowest BCUT2D eigenvalue weighted by molar-refractivity contribution is -0.119. The van der Waals surface area contributed by atoms with Crippen LogP contribution in [0.15, 0.2) is 11.6 Å². The van der Waals surface area contributed by atoms with Gasteiger partial charge >= 0.3 is 0 Å². The highest BCUT2D eigenvalue weighted by Gasteiger charge is 2.19. The van der Waals surface area contributed by atoms with Crippen molar-refractivity contribution in [2.24, 2.45) is 0 Å². The highest BCUT2D eigenvalue weighted by atomic mass is 32.1. The molecule has 5 nitrogen and oxygen atoms in total. The van der Waals surface area contributed by atoms with E-state index in [0.29, 0.717) is 18.3 Å². The van der Waals surface area contributed by atoms with E-state index in [2.05, 4.69) is 15.2 Å². The Kier molecular flexibility index (Phi) is 3.87. The Morgan fingerprint density at radius 1 is 1.81 bits per heavy atom. The minimum atomic E-state index is -0.0101. The van der Waals surface area contributed by atoms with Gasteiger partial charge in [0.05, 0.1) is 19.3 Å². The molecule has 1 atom stereocenters. The van der Waals surface area contributed by atoms with Crippen LogP contribution in [0.25, 0.3) is 0 Å². The Balaban J connectivity index is 1.78. The summed E-state index contributed by atoms with van der Waals surface area (Å²) >= 11 is 1.43. The highest BCUT2D eigenvalue weighted by molar-refractivity contribution is 7.13. The van der Waals surface area contributed by atoms with Gasteiger partial charge in [-0.15, -0.1) is 11.3 Å². The van der Waals surface area contributed by atoms with E-state index in [1.54, 1.807) is 6.20 Å². The van der Waals surface area contributed by atoms with E-state index >= 15 is 0 Å². The molecule has 0 bridgehead atoms. The number of carbonyl (C=O) groups excluding carboxylic acids is 1. The van der Waals surface area contributed by atoms with Crippen LogP contribution < -0.4 is 5.32 Å². The SMILES string of the molecule is CC1CN(CC(=O)Nc2nccs2)CCO1. The average Bonchev–Trinajstić information content (AvgIpc) is 2.70. The molecule has 1 N–H and O–H groups in total. The molecule has 1 aromatic heterocycles. The van der Waals surface area contributed by atoms with Gasteiger partial charge in [-0.25, -0.2) is 4.98 Å². The Bertz CT molecular complexity index is 342. The molecule has 88 valence electrons. The molecule has 0 saturated carbocycles. The molecule has 16 heavy (non-hydrogen) atoms. The number of nitrogens with zero attached hydrogens (tertiary/aromatic N) is 2. The zero-order valence-corrected chi connectivity index (χ0v) is 10.00. The molecule has 0 aromatic carbocycles. The molecule has 6 heteroatoms. The second-order valence-corrected chi connectivity index (χ2v) is 4.70. The van der Waals surface area contributed by atoms with Gasteiger partial charge < -0.3 is 10.1 Å². The lowest BCUT2D eigenvalue weighted by Crippen LogP contribution is -2.44. The van der Waals surface area contributed by atoms with Crippen molar-refractivity contribution in [3.8, 4) is 0 Å². The minimum absolute atomic E-state index is 0.0101. The molecule has 0 aliphatic carbocycles. The molecule has 2 heterocycles. The van der Waals surface area contributed by atoms with Crippen LogP contribution >= 0.6 is 11.3 Å². The Morgan fingerprint density at radius 2 is 2.69 bits per heavy atom. The fourth-order valence-corrected chi connectivity index (χ4v) is 2.23. The monoisotopic (exact) mass is 241 g/mol. The van der Waals surface area contributed by atoms with Gasteiger partial charge in [-0.2, -0.15) is 0 Å². The van der Waals surface area contributed by atoms with Gasteiger partial charge in [0.2, 0.25) is 5.91 Å². The Labute approximate surface area is 98.4 Å². The molecular formula is C10H15N3O2S. The fourth-order valence-electron chi connectivity index (χ4n) is 1.68. The van der Waals surface area contributed by atoms with E-state index in [-0.39, 0.29) is 12.0 Å². The summed E-state index contributed by atoms with van der Waals surface area (Å²) < 4.78 is 5.41. The Morgan fingerprint density at radius 3 is 3.38 bits per heavy atom. The van der Waals surface area contributed by atoms with E-state index in [1.165, 1.54) is 11.3 Å². The lowest BCUT2D eigenvalue weighted by Gasteiger charge is -2.30. The average molecular weight is 241 g/mol. The number of amides is 1. The van der Waals surface area contributed by atoms with Gasteiger partial charge in [-0.05, 0) is 6.92 Å². The number of morpholine rings is 1. The molecular weight excluding hydrogens is 226 g/mol. The van der Waals surface area contributed by atoms with Crippen molar-refractivity contribution in [2.45, 2.75) is 13.0 Å². The van der Waals surface area contributed by atoms with Crippen LogP contribution in [0.4, 0.5) is 5.13 Å². The summed E-state index contributed by atoms with van der Waals surface area (Å²) in [5.74, 6) is -0.0101. The van der Waals surface area contributed by atoms with Gasteiger partial charge in [0.25, 0.3) is 0 Å². The molecule has 1 unspecified atom stereocenters. The minimum Gasteiger partial charge on any atom is -0.376 e. The van der Waals surface area contributed by atoms with Crippen LogP contribution in [0, 0.1) is 0 Å². The molecule has 0 spiro atoms. The van der Waals surface area contributed by atoms with E-state index in [9.17, 15) is 4.79 Å². The molecule has 1 saturated heterocycles. The van der Waals surface area contributed by atoms with E-state index in [0.717, 1.165) is 13.1 Å². The van der Waals surface area contributed by atoms with Gasteiger partial charge in [-0.3, -0.25) is 9.69 Å². The molecule has 1 aromatic rings.